The van der Waals surface area contributed by atoms with Gasteiger partial charge in [-0.1, -0.05) is 0 Å². The van der Waals surface area contributed by atoms with E-state index in [9.17, 15) is 25.0 Å². The van der Waals surface area contributed by atoms with Crippen LogP contribution in [0.2, 0.25) is 0 Å². The molecule has 0 atom stereocenters. The minimum atomic E-state index is -0.881. The predicted molar refractivity (Wildman–Crippen MR) is 86.6 cm³/mol. The maximum Gasteiger partial charge on any atom is 0.343 e. The zero-order valence-electron chi connectivity index (χ0n) is 12.5. The van der Waals surface area contributed by atoms with Crippen LogP contribution in [-0.2, 0) is 0 Å². The molecular formula is C14H11N5O6. The second kappa shape index (κ2) is 7.04. The van der Waals surface area contributed by atoms with Gasteiger partial charge in [0.25, 0.3) is 5.69 Å². The van der Waals surface area contributed by atoms with Gasteiger partial charge in [-0.3, -0.25) is 20.2 Å². The second-order valence-corrected chi connectivity index (χ2v) is 4.64. The number of nitrogens with zero attached hydrogens (tertiary/aromatic N) is 3. The number of rotatable bonds is 5. The molecule has 25 heavy (non-hydrogen) atoms. The number of benzene rings is 2. The molecule has 0 aromatic heterocycles. The highest BCUT2D eigenvalue weighted by Crippen LogP contribution is 2.31. The summed E-state index contributed by atoms with van der Waals surface area (Å²) in [5.74, 6) is -1.45. The van der Waals surface area contributed by atoms with Gasteiger partial charge in [0.2, 0.25) is 5.75 Å². The molecule has 11 heteroatoms. The lowest BCUT2D eigenvalue weighted by Gasteiger charge is -2.05. The van der Waals surface area contributed by atoms with Crippen molar-refractivity contribution in [2.75, 3.05) is 0 Å². The third kappa shape index (κ3) is 4.25. The first-order valence-electron chi connectivity index (χ1n) is 6.62. The normalized spacial score (nSPS) is 9.92. The third-order valence-corrected chi connectivity index (χ3v) is 2.91. The molecule has 0 aliphatic heterocycles. The van der Waals surface area contributed by atoms with Gasteiger partial charge in [-0.2, -0.15) is 0 Å². The standard InChI is InChI=1S/C14H11N5O6/c15-14(16)17-9-3-1-8(2-4-9)13(20)25-12-6-5-10(18(21)22)7-11(12)19(23)24/h1-7H,(H4,15,16,17). The van der Waals surface area contributed by atoms with Crippen molar-refractivity contribution in [3.8, 4) is 5.75 Å². The lowest BCUT2D eigenvalue weighted by Crippen LogP contribution is -2.21. The summed E-state index contributed by atoms with van der Waals surface area (Å²) in [4.78, 5) is 35.9. The highest BCUT2D eigenvalue weighted by atomic mass is 16.6. The summed E-state index contributed by atoms with van der Waals surface area (Å²) in [5.41, 5.74) is 9.75. The number of nitro benzene ring substituents is 2. The number of hydrogen-bond acceptors (Lipinski definition) is 7. The topological polar surface area (TPSA) is 177 Å². The molecule has 0 aliphatic rings. The first-order chi connectivity index (χ1) is 11.8. The molecule has 0 saturated heterocycles. The lowest BCUT2D eigenvalue weighted by atomic mass is 10.2. The van der Waals surface area contributed by atoms with Crippen LogP contribution in [0.15, 0.2) is 47.5 Å². The molecule has 0 amide bonds. The summed E-state index contributed by atoms with van der Waals surface area (Å²) < 4.78 is 4.96. The van der Waals surface area contributed by atoms with Crippen molar-refractivity contribution >= 4 is 29.0 Å². The molecule has 0 radical (unpaired) electrons. The van der Waals surface area contributed by atoms with Gasteiger partial charge in [0.05, 0.1) is 27.2 Å². The molecule has 128 valence electrons. The molecule has 0 aliphatic carbocycles. The van der Waals surface area contributed by atoms with Crippen molar-refractivity contribution < 1.29 is 19.4 Å². The molecule has 0 heterocycles. The number of esters is 1. The van der Waals surface area contributed by atoms with Gasteiger partial charge < -0.3 is 16.2 Å². The van der Waals surface area contributed by atoms with Crippen LogP contribution in [0.3, 0.4) is 0 Å². The van der Waals surface area contributed by atoms with Crippen LogP contribution in [0, 0.1) is 20.2 Å². The fraction of sp³-hybridized carbons (Fsp3) is 0. The van der Waals surface area contributed by atoms with E-state index in [1.165, 1.54) is 24.3 Å². The minimum absolute atomic E-state index is 0.0854. The van der Waals surface area contributed by atoms with E-state index in [1.807, 2.05) is 0 Å². The van der Waals surface area contributed by atoms with Gasteiger partial charge in [0.1, 0.15) is 0 Å². The SMILES string of the molecule is NC(N)=Nc1ccc(C(=O)Oc2ccc([N+](=O)[O-])cc2[N+](=O)[O-])cc1. The Hall–Kier alpha value is -4.02. The van der Waals surface area contributed by atoms with E-state index in [4.69, 9.17) is 16.2 Å². The van der Waals surface area contributed by atoms with E-state index < -0.39 is 32.9 Å². The van der Waals surface area contributed by atoms with E-state index in [0.29, 0.717) is 11.8 Å². The van der Waals surface area contributed by atoms with Crippen molar-refractivity contribution in [3.63, 3.8) is 0 Å². The number of carbonyl (C=O) groups is 1. The maximum atomic E-state index is 12.1. The van der Waals surface area contributed by atoms with Crippen LogP contribution in [0.5, 0.6) is 5.75 Å². The van der Waals surface area contributed by atoms with E-state index in [-0.39, 0.29) is 11.5 Å². The number of nitro groups is 2. The van der Waals surface area contributed by atoms with Crippen molar-refractivity contribution in [2.24, 2.45) is 16.5 Å². The average Bonchev–Trinajstić information content (AvgIpc) is 2.54. The minimum Gasteiger partial charge on any atom is -0.416 e. The molecular weight excluding hydrogens is 334 g/mol. The zero-order valence-corrected chi connectivity index (χ0v) is 12.5. The number of nitrogens with two attached hydrogens (primary N) is 2. The number of guanidine groups is 1. The van der Waals surface area contributed by atoms with E-state index in [2.05, 4.69) is 4.99 Å². The van der Waals surface area contributed by atoms with Gasteiger partial charge in [0, 0.05) is 6.07 Å². The van der Waals surface area contributed by atoms with Crippen LogP contribution in [0.25, 0.3) is 0 Å². The van der Waals surface area contributed by atoms with Crippen molar-refractivity contribution in [1.82, 2.24) is 0 Å². The average molecular weight is 345 g/mol. The molecule has 0 saturated carbocycles. The summed E-state index contributed by atoms with van der Waals surface area (Å²) in [7, 11) is 0. The molecule has 0 bridgehead atoms. The summed E-state index contributed by atoms with van der Waals surface area (Å²) in [5, 5.41) is 21.7. The molecule has 2 aromatic rings. The fourth-order valence-electron chi connectivity index (χ4n) is 1.83. The van der Waals surface area contributed by atoms with Crippen LogP contribution in [0.1, 0.15) is 10.4 Å². The third-order valence-electron chi connectivity index (χ3n) is 2.91. The maximum absolute atomic E-state index is 12.1. The Labute approximate surface area is 139 Å². The van der Waals surface area contributed by atoms with Crippen LogP contribution < -0.4 is 16.2 Å². The van der Waals surface area contributed by atoms with Crippen molar-refractivity contribution in [2.45, 2.75) is 0 Å². The van der Waals surface area contributed by atoms with Crippen LogP contribution in [0.4, 0.5) is 17.1 Å². The molecule has 0 fully saturated rings. The number of hydrogen-bond donors (Lipinski definition) is 2. The summed E-state index contributed by atoms with van der Waals surface area (Å²) in [6, 6.07) is 8.31. The molecule has 0 spiro atoms. The number of carbonyl (C=O) groups excluding carboxylic acids is 1. The van der Waals surface area contributed by atoms with Crippen LogP contribution in [-0.4, -0.2) is 21.8 Å². The smallest absolute Gasteiger partial charge is 0.343 e. The Bertz CT molecular complexity index is 874. The molecule has 11 nitrogen and oxygen atoms in total. The van der Waals surface area contributed by atoms with E-state index in [0.717, 1.165) is 12.1 Å². The van der Waals surface area contributed by atoms with E-state index >= 15 is 0 Å². The van der Waals surface area contributed by atoms with Gasteiger partial charge in [-0.25, -0.2) is 9.79 Å². The second-order valence-electron chi connectivity index (χ2n) is 4.64. The van der Waals surface area contributed by atoms with Crippen molar-refractivity contribution in [3.05, 3.63) is 68.3 Å². The molecule has 2 aromatic carbocycles. The number of aliphatic imine (C=N–C) groups is 1. The Balaban J connectivity index is 2.27. The zero-order chi connectivity index (χ0) is 18.6. The van der Waals surface area contributed by atoms with Crippen molar-refractivity contribution in [1.29, 1.82) is 0 Å². The quantitative estimate of drug-likeness (QED) is 0.205. The largest absolute Gasteiger partial charge is 0.416 e. The highest BCUT2D eigenvalue weighted by molar-refractivity contribution is 5.92. The van der Waals surface area contributed by atoms with Gasteiger partial charge >= 0.3 is 11.7 Å². The Morgan fingerprint density at radius 3 is 2.16 bits per heavy atom. The summed E-state index contributed by atoms with van der Waals surface area (Å²) >= 11 is 0. The predicted octanol–water partition coefficient (Wildman–Crippen LogP) is 1.63. The lowest BCUT2D eigenvalue weighted by molar-refractivity contribution is -0.394. The monoisotopic (exact) mass is 345 g/mol. The fourth-order valence-corrected chi connectivity index (χ4v) is 1.83. The molecule has 0 unspecified atom stereocenters. The first kappa shape index (κ1) is 17.3. The summed E-state index contributed by atoms with van der Waals surface area (Å²) in [6.45, 7) is 0. The van der Waals surface area contributed by atoms with Gasteiger partial charge in [-0.15, -0.1) is 0 Å². The summed E-state index contributed by atoms with van der Waals surface area (Å²) in [6.07, 6.45) is 0. The Morgan fingerprint density at radius 2 is 1.64 bits per heavy atom. The highest BCUT2D eigenvalue weighted by Gasteiger charge is 2.23. The number of non-ortho nitro benzene ring substituents is 1. The Kier molecular flexibility index (Phi) is 4.88. The molecule has 4 N–H and O–H groups in total. The Morgan fingerprint density at radius 1 is 1.00 bits per heavy atom. The van der Waals surface area contributed by atoms with Gasteiger partial charge in [-0.05, 0) is 30.3 Å². The number of ether oxygens (including phenoxy) is 1. The first-order valence-corrected chi connectivity index (χ1v) is 6.62. The van der Waals surface area contributed by atoms with E-state index in [1.54, 1.807) is 0 Å². The molecule has 2 rings (SSSR count). The van der Waals surface area contributed by atoms with Crippen LogP contribution >= 0.6 is 0 Å². The van der Waals surface area contributed by atoms with Gasteiger partial charge in [0.15, 0.2) is 5.96 Å².